The number of rotatable bonds is 9. The Kier molecular flexibility index (Phi) is 8.10. The summed E-state index contributed by atoms with van der Waals surface area (Å²) < 4.78 is 33.4. The lowest BCUT2D eigenvalue weighted by Gasteiger charge is -2.27. The van der Waals surface area contributed by atoms with Crippen molar-refractivity contribution in [3.05, 3.63) is 52.6 Å². The maximum atomic E-state index is 13.2. The number of hydrogen-bond donors (Lipinski definition) is 1. The summed E-state index contributed by atoms with van der Waals surface area (Å²) in [6.45, 7) is 3.04. The molecule has 11 heteroatoms. The van der Waals surface area contributed by atoms with Crippen LogP contribution < -0.4 is 10.1 Å². The second kappa shape index (κ2) is 10.8. The van der Waals surface area contributed by atoms with Gasteiger partial charge in [0.15, 0.2) is 0 Å². The summed E-state index contributed by atoms with van der Waals surface area (Å²) in [5.41, 5.74) is 0.342. The molecule has 0 spiro atoms. The molecule has 172 valence electrons. The Morgan fingerprint density at radius 3 is 2.47 bits per heavy atom. The molecule has 1 saturated heterocycles. The van der Waals surface area contributed by atoms with E-state index in [1.54, 1.807) is 31.2 Å². The van der Waals surface area contributed by atoms with Gasteiger partial charge in [-0.2, -0.15) is 4.31 Å². The van der Waals surface area contributed by atoms with Crippen LogP contribution in [0, 0.1) is 10.1 Å². The van der Waals surface area contributed by atoms with Crippen molar-refractivity contribution in [1.29, 1.82) is 0 Å². The number of nitro groups is 1. The molecule has 2 aromatic rings. The first-order chi connectivity index (χ1) is 15.3. The largest absolute Gasteiger partial charge is 0.492 e. The predicted molar refractivity (Wildman–Crippen MR) is 123 cm³/mol. The fourth-order valence-electron chi connectivity index (χ4n) is 3.32. The number of carbonyl (C=O) groups is 1. The van der Waals surface area contributed by atoms with Gasteiger partial charge in [-0.3, -0.25) is 14.9 Å². The molecule has 1 N–H and O–H groups in total. The first kappa shape index (κ1) is 24.0. The molecule has 32 heavy (non-hydrogen) atoms. The Labute approximate surface area is 191 Å². The average Bonchev–Trinajstić information content (AvgIpc) is 2.79. The second-order valence-corrected chi connectivity index (χ2v) is 10.1. The number of anilines is 1. The van der Waals surface area contributed by atoms with E-state index < -0.39 is 14.9 Å². The van der Waals surface area contributed by atoms with Gasteiger partial charge >= 0.3 is 0 Å². The van der Waals surface area contributed by atoms with Crippen LogP contribution >= 0.6 is 11.8 Å². The lowest BCUT2D eigenvalue weighted by atomic mass is 10.2. The van der Waals surface area contributed by atoms with E-state index in [0.717, 1.165) is 19.3 Å². The number of ether oxygens (including phenoxy) is 1. The Morgan fingerprint density at radius 2 is 1.84 bits per heavy atom. The number of sulfonamides is 1. The van der Waals surface area contributed by atoms with E-state index in [4.69, 9.17) is 4.74 Å². The molecule has 1 aliphatic rings. The second-order valence-electron chi connectivity index (χ2n) is 7.15. The summed E-state index contributed by atoms with van der Waals surface area (Å²) in [6.07, 6.45) is 2.64. The number of nitrogens with zero attached hydrogens (tertiary/aromatic N) is 2. The summed E-state index contributed by atoms with van der Waals surface area (Å²) in [5, 5.41) is 13.4. The van der Waals surface area contributed by atoms with Crippen LogP contribution in [-0.4, -0.2) is 49.0 Å². The Bertz CT molecular complexity index is 1070. The Balaban J connectivity index is 1.71. The molecular formula is C21H25N3O6S2. The zero-order valence-electron chi connectivity index (χ0n) is 17.7. The van der Waals surface area contributed by atoms with Crippen molar-refractivity contribution in [2.75, 3.05) is 30.8 Å². The number of amides is 1. The Morgan fingerprint density at radius 1 is 1.16 bits per heavy atom. The monoisotopic (exact) mass is 479 g/mol. The first-order valence-electron chi connectivity index (χ1n) is 10.3. The van der Waals surface area contributed by atoms with Crippen LogP contribution in [-0.2, 0) is 14.8 Å². The molecule has 0 bridgehead atoms. The van der Waals surface area contributed by atoms with Gasteiger partial charge in [0.05, 0.1) is 17.3 Å². The maximum absolute atomic E-state index is 13.2. The highest BCUT2D eigenvalue weighted by Crippen LogP contribution is 2.31. The first-order valence-corrected chi connectivity index (χ1v) is 12.7. The van der Waals surface area contributed by atoms with Gasteiger partial charge in [0.2, 0.25) is 15.9 Å². The van der Waals surface area contributed by atoms with E-state index in [9.17, 15) is 23.3 Å². The van der Waals surface area contributed by atoms with Crippen molar-refractivity contribution in [2.24, 2.45) is 0 Å². The van der Waals surface area contributed by atoms with Gasteiger partial charge in [-0.15, -0.1) is 11.8 Å². The number of nitrogens with one attached hydrogen (secondary N) is 1. The van der Waals surface area contributed by atoms with Gasteiger partial charge in [-0.05, 0) is 50.1 Å². The highest BCUT2D eigenvalue weighted by molar-refractivity contribution is 8.00. The van der Waals surface area contributed by atoms with Crippen molar-refractivity contribution < 1.29 is 22.9 Å². The van der Waals surface area contributed by atoms with Crippen molar-refractivity contribution in [3.63, 3.8) is 0 Å². The quantitative estimate of drug-likeness (QED) is 0.329. The molecule has 3 rings (SSSR count). The van der Waals surface area contributed by atoms with Gasteiger partial charge < -0.3 is 10.1 Å². The fourth-order valence-corrected chi connectivity index (χ4v) is 5.69. The molecule has 1 aliphatic heterocycles. The molecule has 0 aromatic heterocycles. The van der Waals surface area contributed by atoms with E-state index in [1.165, 1.54) is 34.3 Å². The number of hydrogen-bond acceptors (Lipinski definition) is 7. The molecule has 0 unspecified atom stereocenters. The maximum Gasteiger partial charge on any atom is 0.269 e. The normalized spacial score (nSPS) is 14.7. The van der Waals surface area contributed by atoms with Gasteiger partial charge in [0.25, 0.3) is 5.69 Å². The summed E-state index contributed by atoms with van der Waals surface area (Å²) in [4.78, 5) is 23.4. The minimum Gasteiger partial charge on any atom is -0.492 e. The topological polar surface area (TPSA) is 119 Å². The van der Waals surface area contributed by atoms with Gasteiger partial charge in [0, 0.05) is 35.8 Å². The molecule has 0 saturated carbocycles. The molecule has 1 amide bonds. The number of benzene rings is 2. The number of carbonyl (C=O) groups excluding carboxylic acids is 1. The molecule has 0 aliphatic carbocycles. The third-order valence-electron chi connectivity index (χ3n) is 4.88. The Hall–Kier alpha value is -2.63. The lowest BCUT2D eigenvalue weighted by molar-refractivity contribution is -0.384. The van der Waals surface area contributed by atoms with Crippen LogP contribution in [0.1, 0.15) is 26.2 Å². The number of thioether (sulfide) groups is 1. The van der Waals surface area contributed by atoms with Gasteiger partial charge in [0.1, 0.15) is 10.6 Å². The molecule has 9 nitrogen and oxygen atoms in total. The standard InChI is InChI=1S/C21H25N3O6S2/c1-2-30-19-11-6-16(14-20(19)32(28,29)23-12-4-3-5-13-23)22-21(25)15-31-18-9-7-17(8-10-18)24(26)27/h6-11,14H,2-5,12-13,15H2,1H3,(H,22,25). The van der Waals surface area contributed by atoms with Crippen molar-refractivity contribution >= 4 is 39.1 Å². The molecule has 2 aromatic carbocycles. The minimum absolute atomic E-state index is 0.0179. The van der Waals surface area contributed by atoms with Gasteiger partial charge in [-0.1, -0.05) is 6.42 Å². The van der Waals surface area contributed by atoms with Crippen LogP contribution in [0.25, 0.3) is 0 Å². The van der Waals surface area contributed by atoms with Crippen molar-refractivity contribution in [2.45, 2.75) is 36.0 Å². The SMILES string of the molecule is CCOc1ccc(NC(=O)CSc2ccc([N+](=O)[O-])cc2)cc1S(=O)(=O)N1CCCCC1. The number of non-ortho nitro benzene ring substituents is 1. The lowest BCUT2D eigenvalue weighted by Crippen LogP contribution is -2.35. The van der Waals surface area contributed by atoms with Crippen molar-refractivity contribution in [1.82, 2.24) is 4.31 Å². The summed E-state index contributed by atoms with van der Waals surface area (Å²) in [7, 11) is -3.74. The molecular weight excluding hydrogens is 454 g/mol. The summed E-state index contributed by atoms with van der Waals surface area (Å²) in [5.74, 6) is 0.00864. The van der Waals surface area contributed by atoms with Crippen LogP contribution in [0.15, 0.2) is 52.3 Å². The van der Waals surface area contributed by atoms with Crippen molar-refractivity contribution in [3.8, 4) is 5.75 Å². The summed E-state index contributed by atoms with van der Waals surface area (Å²) >= 11 is 1.23. The third-order valence-corrected chi connectivity index (χ3v) is 7.81. The molecule has 0 radical (unpaired) electrons. The fraction of sp³-hybridized carbons (Fsp3) is 0.381. The average molecular weight is 480 g/mol. The predicted octanol–water partition coefficient (Wildman–Crippen LogP) is 3.90. The van der Waals surface area contributed by atoms with E-state index in [1.807, 2.05) is 0 Å². The van der Waals surface area contributed by atoms with Crippen LogP contribution in [0.4, 0.5) is 11.4 Å². The molecule has 1 heterocycles. The van der Waals surface area contributed by atoms with E-state index in [0.29, 0.717) is 30.3 Å². The number of nitro benzene ring substituents is 1. The molecule has 0 atom stereocenters. The molecule has 1 fully saturated rings. The minimum atomic E-state index is -3.74. The van der Waals surface area contributed by atoms with E-state index in [2.05, 4.69) is 5.32 Å². The van der Waals surface area contributed by atoms with Crippen LogP contribution in [0.2, 0.25) is 0 Å². The number of piperidine rings is 1. The summed E-state index contributed by atoms with van der Waals surface area (Å²) in [6, 6.07) is 10.5. The van der Waals surface area contributed by atoms with Gasteiger partial charge in [-0.25, -0.2) is 8.42 Å². The zero-order valence-corrected chi connectivity index (χ0v) is 19.3. The third kappa shape index (κ3) is 5.99. The smallest absolute Gasteiger partial charge is 0.269 e. The van der Waals surface area contributed by atoms with Crippen LogP contribution in [0.5, 0.6) is 5.75 Å². The highest BCUT2D eigenvalue weighted by atomic mass is 32.2. The zero-order chi connectivity index (χ0) is 23.1. The highest BCUT2D eigenvalue weighted by Gasteiger charge is 2.29. The van der Waals surface area contributed by atoms with E-state index >= 15 is 0 Å². The van der Waals surface area contributed by atoms with E-state index in [-0.39, 0.29) is 28.0 Å². The van der Waals surface area contributed by atoms with Crippen LogP contribution in [0.3, 0.4) is 0 Å².